The zero-order valence-electron chi connectivity index (χ0n) is 19.0. The number of amides is 1. The van der Waals surface area contributed by atoms with Crippen LogP contribution in [0.25, 0.3) is 21.7 Å². The molecule has 1 heterocycles. The van der Waals surface area contributed by atoms with Gasteiger partial charge in [0.1, 0.15) is 17.1 Å². The molecule has 0 aliphatic carbocycles. The first kappa shape index (κ1) is 24.3. The van der Waals surface area contributed by atoms with Crippen LogP contribution in [0.2, 0.25) is 0 Å². The normalized spacial score (nSPS) is 10.5. The van der Waals surface area contributed by atoms with Crippen molar-refractivity contribution in [3.05, 3.63) is 92.5 Å². The number of anilines is 1. The summed E-state index contributed by atoms with van der Waals surface area (Å²) in [6.07, 6.45) is 0. The quantitative estimate of drug-likeness (QED) is 0.241. The number of hydrogen-bond donors (Lipinski definition) is 1. The number of nitro groups is 2. The van der Waals surface area contributed by atoms with Gasteiger partial charge in [0.25, 0.3) is 17.3 Å². The van der Waals surface area contributed by atoms with Crippen LogP contribution in [0.4, 0.5) is 16.5 Å². The van der Waals surface area contributed by atoms with E-state index >= 15 is 0 Å². The van der Waals surface area contributed by atoms with Gasteiger partial charge in [-0.05, 0) is 60.2 Å². The molecular weight excluding hydrogens is 488 g/mol. The summed E-state index contributed by atoms with van der Waals surface area (Å²) in [5.41, 5.74) is 0.680. The van der Waals surface area contributed by atoms with Crippen molar-refractivity contribution in [2.24, 2.45) is 0 Å². The fourth-order valence-corrected chi connectivity index (χ4v) is 4.39. The van der Waals surface area contributed by atoms with Crippen molar-refractivity contribution in [1.29, 1.82) is 0 Å². The SMILES string of the molecule is COc1ccc(-c2nc(NC(=O)c3ccc([N+](=O)[O-])cc3[N+](=O)[O-])sc2-c2ccc(OC)cc2)cc1. The minimum atomic E-state index is -0.838. The van der Waals surface area contributed by atoms with Crippen LogP contribution in [0.3, 0.4) is 0 Å². The molecule has 0 saturated heterocycles. The number of rotatable bonds is 8. The van der Waals surface area contributed by atoms with E-state index in [9.17, 15) is 25.0 Å². The molecule has 4 rings (SSSR count). The third-order valence-corrected chi connectivity index (χ3v) is 6.22. The number of carbonyl (C=O) groups is 1. The Hall–Kier alpha value is -4.84. The number of hydrogen-bond acceptors (Lipinski definition) is 9. The number of carbonyl (C=O) groups excluding carboxylic acids is 1. The summed E-state index contributed by atoms with van der Waals surface area (Å²) in [7, 11) is 3.13. The predicted octanol–water partition coefficient (Wildman–Crippen LogP) is 5.56. The van der Waals surface area contributed by atoms with Crippen molar-refractivity contribution >= 4 is 33.8 Å². The maximum absolute atomic E-state index is 12.9. The van der Waals surface area contributed by atoms with Crippen LogP contribution >= 0.6 is 11.3 Å². The Bertz CT molecular complexity index is 1390. The Kier molecular flexibility index (Phi) is 6.88. The fraction of sp³-hybridized carbons (Fsp3) is 0.0833. The van der Waals surface area contributed by atoms with E-state index in [1.807, 2.05) is 24.3 Å². The highest BCUT2D eigenvalue weighted by Gasteiger charge is 2.25. The van der Waals surface area contributed by atoms with Crippen LogP contribution in [0.5, 0.6) is 11.5 Å². The molecule has 0 radical (unpaired) electrons. The van der Waals surface area contributed by atoms with Crippen molar-refractivity contribution in [3.8, 4) is 33.2 Å². The van der Waals surface area contributed by atoms with Crippen molar-refractivity contribution in [3.63, 3.8) is 0 Å². The number of ether oxygens (including phenoxy) is 2. The van der Waals surface area contributed by atoms with Crippen LogP contribution in [0.1, 0.15) is 10.4 Å². The zero-order valence-corrected chi connectivity index (χ0v) is 19.8. The van der Waals surface area contributed by atoms with Crippen LogP contribution in [0, 0.1) is 20.2 Å². The summed E-state index contributed by atoms with van der Waals surface area (Å²) < 4.78 is 10.4. The number of nitro benzene ring substituents is 2. The van der Waals surface area contributed by atoms with E-state index in [0.29, 0.717) is 17.2 Å². The van der Waals surface area contributed by atoms with Gasteiger partial charge in [-0.2, -0.15) is 0 Å². The predicted molar refractivity (Wildman–Crippen MR) is 134 cm³/mol. The Morgan fingerprint density at radius 3 is 1.97 bits per heavy atom. The molecule has 0 atom stereocenters. The van der Waals surface area contributed by atoms with Crippen molar-refractivity contribution in [2.75, 3.05) is 19.5 Å². The lowest BCUT2D eigenvalue weighted by Gasteiger charge is -2.05. The highest BCUT2D eigenvalue weighted by molar-refractivity contribution is 7.19. The molecule has 1 aromatic heterocycles. The number of nitrogens with one attached hydrogen (secondary N) is 1. The van der Waals surface area contributed by atoms with E-state index in [2.05, 4.69) is 10.3 Å². The molecule has 0 saturated carbocycles. The van der Waals surface area contributed by atoms with Crippen molar-refractivity contribution < 1.29 is 24.1 Å². The van der Waals surface area contributed by atoms with E-state index in [0.717, 1.165) is 34.2 Å². The Morgan fingerprint density at radius 2 is 1.44 bits per heavy atom. The standard InChI is InChI=1S/C24H18N4O7S/c1-34-17-8-3-14(4-9-17)21-22(15-5-10-18(35-2)11-6-15)36-24(25-21)26-23(29)19-12-7-16(27(30)31)13-20(19)28(32)33/h3-13H,1-2H3,(H,25,26,29). The summed E-state index contributed by atoms with van der Waals surface area (Å²) in [5, 5.41) is 25.2. The van der Waals surface area contributed by atoms with Crippen molar-refractivity contribution in [1.82, 2.24) is 4.98 Å². The molecule has 12 heteroatoms. The Balaban J connectivity index is 1.74. The maximum Gasteiger partial charge on any atom is 0.289 e. The second kappa shape index (κ2) is 10.2. The smallest absolute Gasteiger partial charge is 0.289 e. The minimum Gasteiger partial charge on any atom is -0.497 e. The molecule has 3 aromatic carbocycles. The number of benzene rings is 3. The third-order valence-electron chi connectivity index (χ3n) is 5.20. The monoisotopic (exact) mass is 506 g/mol. The van der Waals surface area contributed by atoms with Gasteiger partial charge in [-0.1, -0.05) is 11.3 Å². The zero-order chi connectivity index (χ0) is 25.8. The molecule has 0 aliphatic rings. The number of nitrogens with zero attached hydrogens (tertiary/aromatic N) is 3. The number of methoxy groups -OCH3 is 2. The summed E-state index contributed by atoms with van der Waals surface area (Å²) in [6.45, 7) is 0. The van der Waals surface area contributed by atoms with Crippen molar-refractivity contribution in [2.45, 2.75) is 0 Å². The molecule has 11 nitrogen and oxygen atoms in total. The lowest BCUT2D eigenvalue weighted by Crippen LogP contribution is -2.14. The van der Waals surface area contributed by atoms with Gasteiger partial charge in [-0.3, -0.25) is 30.3 Å². The molecule has 0 fully saturated rings. The molecule has 1 N–H and O–H groups in total. The highest BCUT2D eigenvalue weighted by atomic mass is 32.1. The molecule has 0 unspecified atom stereocenters. The largest absolute Gasteiger partial charge is 0.497 e. The van der Waals surface area contributed by atoms with E-state index in [1.165, 1.54) is 11.3 Å². The molecule has 36 heavy (non-hydrogen) atoms. The topological polar surface area (TPSA) is 147 Å². The summed E-state index contributed by atoms with van der Waals surface area (Å²) >= 11 is 1.18. The third kappa shape index (κ3) is 4.98. The summed E-state index contributed by atoms with van der Waals surface area (Å²) in [4.78, 5) is 39.1. The number of non-ortho nitro benzene ring substituents is 1. The highest BCUT2D eigenvalue weighted by Crippen LogP contribution is 2.40. The van der Waals surface area contributed by atoms with Gasteiger partial charge in [0, 0.05) is 11.6 Å². The van der Waals surface area contributed by atoms with Gasteiger partial charge in [0.2, 0.25) is 0 Å². The van der Waals surface area contributed by atoms with Crippen LogP contribution in [-0.4, -0.2) is 35.0 Å². The van der Waals surface area contributed by atoms with Crippen LogP contribution in [0.15, 0.2) is 66.7 Å². The average molecular weight is 506 g/mol. The molecule has 0 spiro atoms. The number of aromatic nitrogens is 1. The van der Waals surface area contributed by atoms with Gasteiger partial charge >= 0.3 is 0 Å². The van der Waals surface area contributed by atoms with E-state index in [-0.39, 0.29) is 10.7 Å². The molecule has 0 bridgehead atoms. The lowest BCUT2D eigenvalue weighted by molar-refractivity contribution is -0.394. The van der Waals surface area contributed by atoms with Gasteiger partial charge in [-0.15, -0.1) is 0 Å². The Labute approximate surface area is 208 Å². The first-order chi connectivity index (χ1) is 17.3. The molecule has 182 valence electrons. The second-order valence-corrected chi connectivity index (χ2v) is 8.32. The van der Waals surface area contributed by atoms with Crippen LogP contribution in [-0.2, 0) is 0 Å². The molecule has 1 amide bonds. The minimum absolute atomic E-state index is 0.198. The maximum atomic E-state index is 12.9. The number of thiazole rings is 1. The first-order valence-corrected chi connectivity index (χ1v) is 11.2. The molecular formula is C24H18N4O7S. The van der Waals surface area contributed by atoms with Crippen LogP contribution < -0.4 is 14.8 Å². The molecule has 4 aromatic rings. The van der Waals surface area contributed by atoms with E-state index in [1.54, 1.807) is 38.5 Å². The average Bonchev–Trinajstić information content (AvgIpc) is 3.31. The molecule has 0 aliphatic heterocycles. The summed E-state index contributed by atoms with van der Waals surface area (Å²) in [6, 6.07) is 17.4. The fourth-order valence-electron chi connectivity index (χ4n) is 3.40. The second-order valence-electron chi connectivity index (χ2n) is 7.32. The van der Waals surface area contributed by atoms with Gasteiger partial charge in [0.15, 0.2) is 5.13 Å². The van der Waals surface area contributed by atoms with Gasteiger partial charge < -0.3 is 9.47 Å². The van der Waals surface area contributed by atoms with Gasteiger partial charge in [0.05, 0.1) is 40.7 Å². The van der Waals surface area contributed by atoms with E-state index in [4.69, 9.17) is 9.47 Å². The van der Waals surface area contributed by atoms with Gasteiger partial charge in [-0.25, -0.2) is 4.98 Å². The summed E-state index contributed by atoms with van der Waals surface area (Å²) in [5.74, 6) is 0.528. The Morgan fingerprint density at radius 1 is 0.861 bits per heavy atom. The van der Waals surface area contributed by atoms with E-state index < -0.39 is 27.1 Å². The first-order valence-electron chi connectivity index (χ1n) is 10.3. The lowest BCUT2D eigenvalue weighted by atomic mass is 10.1.